The number of nitrogens with one attached hydrogen (secondary N) is 1. The number of nitrogens with zero attached hydrogens (tertiary/aromatic N) is 2. The van der Waals surface area contributed by atoms with Gasteiger partial charge in [0, 0.05) is 19.4 Å². The predicted molar refractivity (Wildman–Crippen MR) is 85.2 cm³/mol. The van der Waals surface area contributed by atoms with Gasteiger partial charge in [-0.2, -0.15) is 0 Å². The normalized spacial score (nSPS) is 14.3. The summed E-state index contributed by atoms with van der Waals surface area (Å²) in [5, 5.41) is 3.16. The molecule has 1 N–H and O–H groups in total. The minimum absolute atomic E-state index is 0.607. The molecular weight excluding hydrogens is 314 g/mol. The van der Waals surface area contributed by atoms with Crippen molar-refractivity contribution < 1.29 is 0 Å². The number of aromatic nitrogens is 2. The average molecular weight is 332 g/mol. The Balaban J connectivity index is 1.97. The van der Waals surface area contributed by atoms with Gasteiger partial charge < -0.3 is 5.32 Å². The van der Waals surface area contributed by atoms with Crippen molar-refractivity contribution in [1.29, 1.82) is 0 Å². The molecule has 1 heterocycles. The van der Waals surface area contributed by atoms with Gasteiger partial charge in [0.2, 0.25) is 0 Å². The van der Waals surface area contributed by atoms with Gasteiger partial charge in [-0.1, -0.05) is 24.3 Å². The number of anilines is 1. The van der Waals surface area contributed by atoms with Crippen LogP contribution >= 0.6 is 15.9 Å². The Morgan fingerprint density at radius 2 is 2.00 bits per heavy atom. The van der Waals surface area contributed by atoms with Crippen LogP contribution in [-0.2, 0) is 6.42 Å². The van der Waals surface area contributed by atoms with Crippen molar-refractivity contribution in [1.82, 2.24) is 9.97 Å². The summed E-state index contributed by atoms with van der Waals surface area (Å²) in [5.74, 6) is 2.40. The van der Waals surface area contributed by atoms with Crippen LogP contribution in [0.1, 0.15) is 41.4 Å². The van der Waals surface area contributed by atoms with Crippen LogP contribution in [0.4, 0.5) is 5.82 Å². The second kappa shape index (κ2) is 5.52. The fourth-order valence-electron chi connectivity index (χ4n) is 2.36. The Morgan fingerprint density at radius 1 is 1.25 bits per heavy atom. The SMILES string of the molecule is CNc1nc(Cc2ccccc2C)nc(C2CC2)c1Br. The molecule has 1 aliphatic rings. The first-order valence-corrected chi connectivity index (χ1v) is 7.77. The van der Waals surface area contributed by atoms with Gasteiger partial charge in [0.05, 0.1) is 10.2 Å². The Labute approximate surface area is 128 Å². The van der Waals surface area contributed by atoms with Crippen molar-refractivity contribution in [3.8, 4) is 0 Å². The Hall–Kier alpha value is -1.42. The van der Waals surface area contributed by atoms with E-state index in [2.05, 4.69) is 57.4 Å². The van der Waals surface area contributed by atoms with Crippen LogP contribution in [0.25, 0.3) is 0 Å². The first-order valence-electron chi connectivity index (χ1n) is 6.97. The molecular formula is C16H18BrN3. The molecule has 0 aliphatic heterocycles. The van der Waals surface area contributed by atoms with Crippen LogP contribution in [0.15, 0.2) is 28.7 Å². The second-order valence-electron chi connectivity index (χ2n) is 5.32. The maximum Gasteiger partial charge on any atom is 0.144 e. The van der Waals surface area contributed by atoms with Gasteiger partial charge in [0.25, 0.3) is 0 Å². The molecule has 0 radical (unpaired) electrons. The molecule has 1 aromatic heterocycles. The van der Waals surface area contributed by atoms with Crippen LogP contribution in [0.5, 0.6) is 0 Å². The molecule has 3 nitrogen and oxygen atoms in total. The van der Waals surface area contributed by atoms with E-state index in [9.17, 15) is 0 Å². The summed E-state index contributed by atoms with van der Waals surface area (Å²) in [5.41, 5.74) is 3.74. The molecule has 0 saturated heterocycles. The fraction of sp³-hybridized carbons (Fsp3) is 0.375. The maximum atomic E-state index is 4.78. The highest BCUT2D eigenvalue weighted by atomic mass is 79.9. The standard InChI is InChI=1S/C16H18BrN3/c1-10-5-3-4-6-12(10)9-13-19-15(11-7-8-11)14(17)16(18-2)20-13/h3-6,11H,7-9H2,1-2H3,(H,18,19,20). The quantitative estimate of drug-likeness (QED) is 0.918. The van der Waals surface area contributed by atoms with E-state index < -0.39 is 0 Å². The van der Waals surface area contributed by atoms with E-state index in [-0.39, 0.29) is 0 Å². The molecule has 104 valence electrons. The highest BCUT2D eigenvalue weighted by molar-refractivity contribution is 9.10. The zero-order chi connectivity index (χ0) is 14.1. The Kier molecular flexibility index (Phi) is 3.74. The van der Waals surface area contributed by atoms with Crippen LogP contribution in [0.3, 0.4) is 0 Å². The summed E-state index contributed by atoms with van der Waals surface area (Å²) in [6, 6.07) is 8.42. The first kappa shape index (κ1) is 13.6. The van der Waals surface area contributed by atoms with Crippen LogP contribution in [0.2, 0.25) is 0 Å². The van der Waals surface area contributed by atoms with E-state index >= 15 is 0 Å². The fourth-order valence-corrected chi connectivity index (χ4v) is 3.06. The zero-order valence-electron chi connectivity index (χ0n) is 11.8. The molecule has 1 saturated carbocycles. The van der Waals surface area contributed by atoms with E-state index in [1.807, 2.05) is 7.05 Å². The van der Waals surface area contributed by atoms with Gasteiger partial charge in [-0.3, -0.25) is 0 Å². The Bertz CT molecular complexity index is 636. The minimum Gasteiger partial charge on any atom is -0.372 e. The summed E-state index contributed by atoms with van der Waals surface area (Å²) in [7, 11) is 1.90. The summed E-state index contributed by atoms with van der Waals surface area (Å²) >= 11 is 3.63. The summed E-state index contributed by atoms with van der Waals surface area (Å²) < 4.78 is 1.02. The van der Waals surface area contributed by atoms with Gasteiger partial charge in [0.15, 0.2) is 0 Å². The van der Waals surface area contributed by atoms with E-state index in [4.69, 9.17) is 4.98 Å². The van der Waals surface area contributed by atoms with Gasteiger partial charge in [-0.05, 0) is 46.8 Å². The molecule has 3 rings (SSSR count). The van der Waals surface area contributed by atoms with Gasteiger partial charge in [0.1, 0.15) is 11.6 Å². The molecule has 0 unspecified atom stereocenters. The molecule has 0 bridgehead atoms. The third-order valence-corrected chi connectivity index (χ3v) is 4.52. The van der Waals surface area contributed by atoms with Crippen molar-refractivity contribution in [2.45, 2.75) is 32.1 Å². The van der Waals surface area contributed by atoms with E-state index in [1.54, 1.807) is 0 Å². The van der Waals surface area contributed by atoms with E-state index in [0.717, 1.165) is 28.2 Å². The molecule has 1 fully saturated rings. The molecule has 4 heteroatoms. The van der Waals surface area contributed by atoms with Crippen LogP contribution < -0.4 is 5.32 Å². The van der Waals surface area contributed by atoms with Crippen LogP contribution in [0, 0.1) is 6.92 Å². The Morgan fingerprint density at radius 3 is 2.65 bits per heavy atom. The lowest BCUT2D eigenvalue weighted by molar-refractivity contribution is 0.889. The predicted octanol–water partition coefficient (Wildman–Crippen LogP) is 4.06. The molecule has 1 aliphatic carbocycles. The summed E-state index contributed by atoms with van der Waals surface area (Å²) in [4.78, 5) is 9.41. The monoisotopic (exact) mass is 331 g/mol. The number of hydrogen-bond donors (Lipinski definition) is 1. The molecule has 0 atom stereocenters. The number of benzene rings is 1. The lowest BCUT2D eigenvalue weighted by Crippen LogP contribution is -2.06. The third-order valence-electron chi connectivity index (χ3n) is 3.73. The molecule has 2 aromatic rings. The average Bonchev–Trinajstić information content (AvgIpc) is 3.27. The van der Waals surface area contributed by atoms with E-state index in [0.29, 0.717) is 5.92 Å². The molecule has 0 amide bonds. The van der Waals surface area contributed by atoms with Gasteiger partial charge >= 0.3 is 0 Å². The number of halogens is 1. The maximum absolute atomic E-state index is 4.78. The molecule has 1 aromatic carbocycles. The largest absolute Gasteiger partial charge is 0.372 e. The lowest BCUT2D eigenvalue weighted by Gasteiger charge is -2.11. The second-order valence-corrected chi connectivity index (χ2v) is 6.11. The third kappa shape index (κ3) is 2.70. The van der Waals surface area contributed by atoms with Crippen molar-refractivity contribution >= 4 is 21.7 Å². The van der Waals surface area contributed by atoms with E-state index in [1.165, 1.54) is 24.0 Å². The minimum atomic E-state index is 0.607. The van der Waals surface area contributed by atoms with Crippen molar-refractivity contribution in [2.24, 2.45) is 0 Å². The lowest BCUT2D eigenvalue weighted by atomic mass is 10.1. The first-order chi connectivity index (χ1) is 9.69. The highest BCUT2D eigenvalue weighted by Gasteiger charge is 2.29. The van der Waals surface area contributed by atoms with Gasteiger partial charge in [-0.25, -0.2) is 9.97 Å². The van der Waals surface area contributed by atoms with Crippen molar-refractivity contribution in [3.05, 3.63) is 51.4 Å². The van der Waals surface area contributed by atoms with Crippen LogP contribution in [-0.4, -0.2) is 17.0 Å². The zero-order valence-corrected chi connectivity index (χ0v) is 13.4. The van der Waals surface area contributed by atoms with Gasteiger partial charge in [-0.15, -0.1) is 0 Å². The molecule has 0 spiro atoms. The number of hydrogen-bond acceptors (Lipinski definition) is 3. The summed E-state index contributed by atoms with van der Waals surface area (Å²) in [6.07, 6.45) is 3.26. The smallest absolute Gasteiger partial charge is 0.144 e. The van der Waals surface area contributed by atoms with Crippen molar-refractivity contribution in [2.75, 3.05) is 12.4 Å². The number of rotatable bonds is 4. The van der Waals surface area contributed by atoms with Crippen molar-refractivity contribution in [3.63, 3.8) is 0 Å². The number of aryl methyl sites for hydroxylation is 1. The molecule has 20 heavy (non-hydrogen) atoms. The summed E-state index contributed by atoms with van der Waals surface area (Å²) in [6.45, 7) is 2.13. The highest BCUT2D eigenvalue weighted by Crippen LogP contribution is 2.43. The topological polar surface area (TPSA) is 37.8 Å².